The van der Waals surface area contributed by atoms with E-state index >= 15 is 0 Å². The summed E-state index contributed by atoms with van der Waals surface area (Å²) in [6, 6.07) is 0.991. The normalized spacial score (nSPS) is 19.2. The van der Waals surface area contributed by atoms with Gasteiger partial charge in [-0.3, -0.25) is 10.1 Å². The first kappa shape index (κ1) is 15.4. The molecular weight excluding hydrogens is 228 g/mol. The molecular formula is C14H28N2O2. The van der Waals surface area contributed by atoms with Crippen LogP contribution in [-0.4, -0.2) is 47.2 Å². The van der Waals surface area contributed by atoms with E-state index in [-0.39, 0.29) is 6.04 Å². The van der Waals surface area contributed by atoms with E-state index in [1.807, 2.05) is 13.8 Å². The van der Waals surface area contributed by atoms with Crippen molar-refractivity contribution in [3.8, 4) is 0 Å². The molecule has 0 saturated heterocycles. The number of hydrogen-bond donors (Lipinski definition) is 2. The highest BCUT2D eigenvalue weighted by Crippen LogP contribution is 2.25. The first-order valence-corrected chi connectivity index (χ1v) is 7.06. The first-order chi connectivity index (χ1) is 8.35. The van der Waals surface area contributed by atoms with Gasteiger partial charge in [-0.05, 0) is 66.5 Å². The molecule has 1 atom stereocenters. The van der Waals surface area contributed by atoms with E-state index in [2.05, 4.69) is 17.3 Å². The second-order valence-electron chi connectivity index (χ2n) is 6.11. The Labute approximate surface area is 111 Å². The van der Waals surface area contributed by atoms with E-state index < -0.39 is 11.5 Å². The highest BCUT2D eigenvalue weighted by Gasteiger charge is 2.33. The SMILES string of the molecule is CC(C)NC(C)(CCCCN(C)C1CC1)C(=O)O. The van der Waals surface area contributed by atoms with Crippen LogP contribution in [0.5, 0.6) is 0 Å². The summed E-state index contributed by atoms with van der Waals surface area (Å²) in [6.07, 6.45) is 5.39. The van der Waals surface area contributed by atoms with Crippen LogP contribution in [-0.2, 0) is 4.79 Å². The van der Waals surface area contributed by atoms with Crippen LogP contribution in [0, 0.1) is 0 Å². The standard InChI is InChI=1S/C14H28N2O2/c1-11(2)15-14(3,13(17)18)9-5-6-10-16(4)12-7-8-12/h11-12,15H,5-10H2,1-4H3,(H,17,18). The highest BCUT2D eigenvalue weighted by molar-refractivity contribution is 5.78. The van der Waals surface area contributed by atoms with Crippen molar-refractivity contribution in [2.45, 2.75) is 70.5 Å². The van der Waals surface area contributed by atoms with E-state index in [9.17, 15) is 9.90 Å². The van der Waals surface area contributed by atoms with Crippen molar-refractivity contribution in [1.82, 2.24) is 10.2 Å². The van der Waals surface area contributed by atoms with Crippen molar-refractivity contribution in [1.29, 1.82) is 0 Å². The van der Waals surface area contributed by atoms with E-state index in [0.29, 0.717) is 6.42 Å². The maximum Gasteiger partial charge on any atom is 0.323 e. The zero-order valence-electron chi connectivity index (χ0n) is 12.2. The van der Waals surface area contributed by atoms with E-state index in [1.54, 1.807) is 6.92 Å². The molecule has 0 heterocycles. The average Bonchev–Trinajstić information content (AvgIpc) is 3.06. The fraction of sp³-hybridized carbons (Fsp3) is 0.929. The Balaban J connectivity index is 2.26. The Kier molecular flexibility index (Phi) is 5.60. The minimum absolute atomic E-state index is 0.195. The van der Waals surface area contributed by atoms with Gasteiger partial charge in [0.05, 0.1) is 0 Å². The lowest BCUT2D eigenvalue weighted by Crippen LogP contribution is -2.52. The summed E-state index contributed by atoms with van der Waals surface area (Å²) in [5.74, 6) is -0.744. The quantitative estimate of drug-likeness (QED) is 0.620. The van der Waals surface area contributed by atoms with Gasteiger partial charge in [-0.2, -0.15) is 0 Å². The molecule has 1 rings (SSSR count). The van der Waals surface area contributed by atoms with Crippen molar-refractivity contribution in [2.24, 2.45) is 0 Å². The number of nitrogens with zero attached hydrogens (tertiary/aromatic N) is 1. The Morgan fingerprint density at radius 3 is 2.50 bits per heavy atom. The number of carbonyl (C=O) groups is 1. The fourth-order valence-corrected chi connectivity index (χ4v) is 2.42. The van der Waals surface area contributed by atoms with Crippen LogP contribution >= 0.6 is 0 Å². The minimum atomic E-state index is -0.785. The molecule has 1 fully saturated rings. The van der Waals surface area contributed by atoms with Crippen molar-refractivity contribution in [2.75, 3.05) is 13.6 Å². The molecule has 106 valence electrons. The molecule has 0 aromatic heterocycles. The molecule has 0 amide bonds. The number of aliphatic carboxylic acids is 1. The molecule has 2 N–H and O–H groups in total. The summed E-state index contributed by atoms with van der Waals surface area (Å²) in [5.41, 5.74) is -0.785. The van der Waals surface area contributed by atoms with Crippen molar-refractivity contribution >= 4 is 5.97 Å². The number of rotatable bonds is 9. The van der Waals surface area contributed by atoms with Gasteiger partial charge in [0.1, 0.15) is 5.54 Å². The Morgan fingerprint density at radius 1 is 1.44 bits per heavy atom. The van der Waals surface area contributed by atoms with Gasteiger partial charge in [0.2, 0.25) is 0 Å². The molecule has 0 aliphatic heterocycles. The third kappa shape index (κ3) is 4.94. The zero-order chi connectivity index (χ0) is 13.8. The molecule has 4 heteroatoms. The summed E-state index contributed by atoms with van der Waals surface area (Å²) >= 11 is 0. The Morgan fingerprint density at radius 2 is 2.06 bits per heavy atom. The third-order valence-corrected chi connectivity index (χ3v) is 3.69. The second kappa shape index (κ2) is 6.53. The molecule has 1 unspecified atom stereocenters. The molecule has 1 saturated carbocycles. The van der Waals surface area contributed by atoms with Gasteiger partial charge < -0.3 is 10.0 Å². The van der Waals surface area contributed by atoms with Crippen LogP contribution in [0.3, 0.4) is 0 Å². The van der Waals surface area contributed by atoms with Crippen molar-refractivity contribution in [3.63, 3.8) is 0 Å². The average molecular weight is 256 g/mol. The second-order valence-corrected chi connectivity index (χ2v) is 6.11. The van der Waals surface area contributed by atoms with Crippen LogP contribution in [0.25, 0.3) is 0 Å². The number of hydrogen-bond acceptors (Lipinski definition) is 3. The Bertz CT molecular complexity index is 277. The summed E-state index contributed by atoms with van der Waals surface area (Å²) in [6.45, 7) is 6.85. The van der Waals surface area contributed by atoms with Crippen molar-refractivity contribution < 1.29 is 9.90 Å². The molecule has 4 nitrogen and oxygen atoms in total. The minimum Gasteiger partial charge on any atom is -0.480 e. The lowest BCUT2D eigenvalue weighted by molar-refractivity contribution is -0.144. The number of nitrogens with one attached hydrogen (secondary N) is 1. The molecule has 0 aromatic rings. The lowest BCUT2D eigenvalue weighted by atomic mass is 9.94. The van der Waals surface area contributed by atoms with Crippen LogP contribution in [0.1, 0.15) is 52.9 Å². The molecule has 0 radical (unpaired) electrons. The van der Waals surface area contributed by atoms with Gasteiger partial charge in [0, 0.05) is 12.1 Å². The monoisotopic (exact) mass is 256 g/mol. The van der Waals surface area contributed by atoms with Crippen molar-refractivity contribution in [3.05, 3.63) is 0 Å². The Hall–Kier alpha value is -0.610. The topological polar surface area (TPSA) is 52.6 Å². The van der Waals surface area contributed by atoms with Gasteiger partial charge in [0.15, 0.2) is 0 Å². The lowest BCUT2D eigenvalue weighted by Gasteiger charge is -2.29. The zero-order valence-corrected chi connectivity index (χ0v) is 12.2. The predicted molar refractivity (Wildman–Crippen MR) is 73.8 cm³/mol. The maximum absolute atomic E-state index is 11.3. The molecule has 1 aliphatic carbocycles. The number of carboxylic acids is 1. The highest BCUT2D eigenvalue weighted by atomic mass is 16.4. The van der Waals surface area contributed by atoms with Gasteiger partial charge >= 0.3 is 5.97 Å². The maximum atomic E-state index is 11.3. The van der Waals surface area contributed by atoms with Gasteiger partial charge in [-0.25, -0.2) is 0 Å². The van der Waals surface area contributed by atoms with E-state index in [1.165, 1.54) is 12.8 Å². The van der Waals surface area contributed by atoms with E-state index in [0.717, 1.165) is 25.4 Å². The predicted octanol–water partition coefficient (Wildman–Crippen LogP) is 2.09. The van der Waals surface area contributed by atoms with Crippen LogP contribution in [0.2, 0.25) is 0 Å². The molecule has 18 heavy (non-hydrogen) atoms. The molecule has 0 aromatic carbocycles. The molecule has 0 bridgehead atoms. The van der Waals surface area contributed by atoms with Gasteiger partial charge in [-0.15, -0.1) is 0 Å². The number of unbranched alkanes of at least 4 members (excludes halogenated alkanes) is 1. The summed E-state index contributed by atoms with van der Waals surface area (Å²) in [5, 5.41) is 12.5. The molecule has 1 aliphatic rings. The summed E-state index contributed by atoms with van der Waals surface area (Å²) < 4.78 is 0. The largest absolute Gasteiger partial charge is 0.480 e. The van der Waals surface area contributed by atoms with E-state index in [4.69, 9.17) is 0 Å². The van der Waals surface area contributed by atoms with Crippen LogP contribution in [0.15, 0.2) is 0 Å². The third-order valence-electron chi connectivity index (χ3n) is 3.69. The smallest absolute Gasteiger partial charge is 0.323 e. The molecule has 0 spiro atoms. The summed E-state index contributed by atoms with van der Waals surface area (Å²) in [7, 11) is 2.17. The first-order valence-electron chi connectivity index (χ1n) is 7.06. The number of carboxylic acid groups (broad SMARTS) is 1. The van der Waals surface area contributed by atoms with Gasteiger partial charge in [0.25, 0.3) is 0 Å². The van der Waals surface area contributed by atoms with Crippen LogP contribution in [0.4, 0.5) is 0 Å². The summed E-state index contributed by atoms with van der Waals surface area (Å²) in [4.78, 5) is 13.7. The van der Waals surface area contributed by atoms with Crippen LogP contribution < -0.4 is 5.32 Å². The fourth-order valence-electron chi connectivity index (χ4n) is 2.42. The van der Waals surface area contributed by atoms with Gasteiger partial charge in [-0.1, -0.05) is 0 Å².